The summed E-state index contributed by atoms with van der Waals surface area (Å²) in [6.45, 7) is 1.94. The molecule has 7 nitrogen and oxygen atoms in total. The maximum absolute atomic E-state index is 12.4. The van der Waals surface area contributed by atoms with Crippen LogP contribution in [0.25, 0.3) is 0 Å². The van der Waals surface area contributed by atoms with Crippen molar-refractivity contribution in [1.82, 2.24) is 10.3 Å². The van der Waals surface area contributed by atoms with E-state index in [1.165, 1.54) is 17.5 Å². The van der Waals surface area contributed by atoms with Crippen LogP contribution in [0.3, 0.4) is 0 Å². The van der Waals surface area contributed by atoms with Crippen LogP contribution in [0.15, 0.2) is 28.5 Å². The number of aromatic nitrogens is 1. The van der Waals surface area contributed by atoms with Gasteiger partial charge in [0.15, 0.2) is 15.5 Å². The predicted molar refractivity (Wildman–Crippen MR) is 89.2 cm³/mol. The number of carboxylic acids is 1. The molecule has 2 N–H and O–H groups in total. The molecule has 0 unspecified atom stereocenters. The van der Waals surface area contributed by atoms with Gasteiger partial charge in [-0.2, -0.15) is 0 Å². The number of sulfone groups is 1. The highest BCUT2D eigenvalue weighted by Gasteiger charge is 2.16. The van der Waals surface area contributed by atoms with Gasteiger partial charge in [-0.25, -0.2) is 18.2 Å². The summed E-state index contributed by atoms with van der Waals surface area (Å²) in [7, 11) is -3.41. The van der Waals surface area contributed by atoms with Gasteiger partial charge < -0.3 is 10.4 Å². The Bertz CT molecular complexity index is 887. The van der Waals surface area contributed by atoms with E-state index >= 15 is 0 Å². The lowest BCUT2D eigenvalue weighted by Gasteiger charge is -2.10. The van der Waals surface area contributed by atoms with Crippen molar-refractivity contribution in [3.05, 3.63) is 45.4 Å². The smallest absolute Gasteiger partial charge is 0.355 e. The van der Waals surface area contributed by atoms with Gasteiger partial charge in [0.2, 0.25) is 0 Å². The maximum atomic E-state index is 12.4. The molecule has 1 aromatic carbocycles. The third kappa shape index (κ3) is 4.18. The standard InChI is InChI=1S/C15H16N2O5S2/c1-3-9-4-5-10(24(2,21)22)6-11(9)14(18)16-7-13-17-12(8-23-13)15(19)20/h4-6,8H,3,7H2,1-2H3,(H,16,18)(H,19,20). The Balaban J connectivity index is 2.20. The van der Waals surface area contributed by atoms with E-state index in [-0.39, 0.29) is 22.7 Å². The average Bonchev–Trinajstić information content (AvgIpc) is 3.00. The normalized spacial score (nSPS) is 11.2. The van der Waals surface area contributed by atoms with Crippen molar-refractivity contribution in [2.45, 2.75) is 24.8 Å². The van der Waals surface area contributed by atoms with Crippen LogP contribution in [0.2, 0.25) is 0 Å². The van der Waals surface area contributed by atoms with Gasteiger partial charge in [-0.3, -0.25) is 4.79 Å². The van der Waals surface area contributed by atoms with E-state index in [4.69, 9.17) is 5.11 Å². The fraction of sp³-hybridized carbons (Fsp3) is 0.267. The van der Waals surface area contributed by atoms with E-state index < -0.39 is 21.7 Å². The molecule has 1 heterocycles. The van der Waals surface area contributed by atoms with Crippen molar-refractivity contribution < 1.29 is 23.1 Å². The zero-order valence-electron chi connectivity index (χ0n) is 13.1. The van der Waals surface area contributed by atoms with Crippen molar-refractivity contribution in [2.75, 3.05) is 6.26 Å². The minimum absolute atomic E-state index is 0.0717. The van der Waals surface area contributed by atoms with E-state index in [1.54, 1.807) is 6.07 Å². The highest BCUT2D eigenvalue weighted by atomic mass is 32.2. The van der Waals surface area contributed by atoms with Gasteiger partial charge in [0, 0.05) is 17.2 Å². The Labute approximate surface area is 143 Å². The molecule has 1 aromatic heterocycles. The molecule has 0 saturated heterocycles. The van der Waals surface area contributed by atoms with Gasteiger partial charge in [-0.05, 0) is 24.1 Å². The lowest BCUT2D eigenvalue weighted by Crippen LogP contribution is -2.24. The summed E-state index contributed by atoms with van der Waals surface area (Å²) in [5.74, 6) is -1.55. The van der Waals surface area contributed by atoms with Gasteiger partial charge in [0.1, 0.15) is 5.01 Å². The van der Waals surface area contributed by atoms with E-state index in [0.29, 0.717) is 11.4 Å². The van der Waals surface area contributed by atoms with Crippen LogP contribution in [0.4, 0.5) is 0 Å². The minimum atomic E-state index is -3.41. The molecule has 0 saturated carbocycles. The van der Waals surface area contributed by atoms with Gasteiger partial charge in [0.05, 0.1) is 11.4 Å². The number of rotatable bonds is 6. The molecule has 0 bridgehead atoms. The van der Waals surface area contributed by atoms with Gasteiger partial charge >= 0.3 is 5.97 Å². The van der Waals surface area contributed by atoms with Crippen LogP contribution in [-0.2, 0) is 22.8 Å². The summed E-state index contributed by atoms with van der Waals surface area (Å²) < 4.78 is 23.3. The first-order valence-electron chi connectivity index (χ1n) is 7.01. The molecule has 0 aliphatic rings. The third-order valence-electron chi connectivity index (χ3n) is 3.31. The molecule has 0 atom stereocenters. The second kappa shape index (κ2) is 7.10. The van der Waals surface area contributed by atoms with E-state index in [0.717, 1.165) is 23.2 Å². The number of benzene rings is 1. The number of aromatic carboxylic acids is 1. The molecule has 0 fully saturated rings. The first-order valence-corrected chi connectivity index (χ1v) is 9.78. The molecule has 2 rings (SSSR count). The topological polar surface area (TPSA) is 113 Å². The summed E-state index contributed by atoms with van der Waals surface area (Å²) in [4.78, 5) is 27.1. The molecule has 24 heavy (non-hydrogen) atoms. The number of carboxylic acid groups (broad SMARTS) is 1. The largest absolute Gasteiger partial charge is 0.476 e. The monoisotopic (exact) mass is 368 g/mol. The number of aryl methyl sites for hydroxylation is 1. The predicted octanol–water partition coefficient (Wildman–Crippen LogP) is 1.74. The maximum Gasteiger partial charge on any atom is 0.355 e. The van der Waals surface area contributed by atoms with Crippen LogP contribution >= 0.6 is 11.3 Å². The van der Waals surface area contributed by atoms with E-state index in [9.17, 15) is 18.0 Å². The number of hydrogen-bond donors (Lipinski definition) is 2. The molecule has 1 amide bonds. The number of thiazole rings is 1. The Morgan fingerprint density at radius 1 is 1.33 bits per heavy atom. The summed E-state index contributed by atoms with van der Waals surface area (Å²) >= 11 is 1.13. The number of nitrogens with one attached hydrogen (secondary N) is 1. The molecule has 0 aliphatic carbocycles. The summed E-state index contributed by atoms with van der Waals surface area (Å²) in [6.07, 6.45) is 1.66. The fourth-order valence-corrected chi connectivity index (χ4v) is 3.40. The SMILES string of the molecule is CCc1ccc(S(C)(=O)=O)cc1C(=O)NCc1nc(C(=O)O)cs1. The van der Waals surface area contributed by atoms with Crippen LogP contribution in [-0.4, -0.2) is 36.6 Å². The third-order valence-corrected chi connectivity index (χ3v) is 5.27. The number of hydrogen-bond acceptors (Lipinski definition) is 6. The number of nitrogens with zero attached hydrogens (tertiary/aromatic N) is 1. The Kier molecular flexibility index (Phi) is 5.35. The summed E-state index contributed by atoms with van der Waals surface area (Å²) in [5, 5.41) is 13.3. The van der Waals surface area contributed by atoms with Gasteiger partial charge in [0.25, 0.3) is 5.91 Å². The van der Waals surface area contributed by atoms with Crippen LogP contribution in [0.5, 0.6) is 0 Å². The van der Waals surface area contributed by atoms with Crippen molar-refractivity contribution in [3.63, 3.8) is 0 Å². The molecule has 0 aliphatic heterocycles. The van der Waals surface area contributed by atoms with Gasteiger partial charge in [-0.15, -0.1) is 11.3 Å². The highest BCUT2D eigenvalue weighted by molar-refractivity contribution is 7.90. The van der Waals surface area contributed by atoms with Crippen LogP contribution in [0.1, 0.15) is 38.3 Å². The lowest BCUT2D eigenvalue weighted by atomic mass is 10.0. The number of amides is 1. The number of carbonyl (C=O) groups excluding carboxylic acids is 1. The minimum Gasteiger partial charge on any atom is -0.476 e. The first-order chi connectivity index (χ1) is 11.2. The zero-order chi connectivity index (χ0) is 17.9. The summed E-state index contributed by atoms with van der Waals surface area (Å²) in [6, 6.07) is 4.45. The first kappa shape index (κ1) is 18.1. The Morgan fingerprint density at radius 3 is 2.58 bits per heavy atom. The van der Waals surface area contributed by atoms with E-state index in [1.807, 2.05) is 6.92 Å². The van der Waals surface area contributed by atoms with Crippen molar-refractivity contribution in [1.29, 1.82) is 0 Å². The van der Waals surface area contributed by atoms with Crippen molar-refractivity contribution in [3.8, 4) is 0 Å². The second-order valence-electron chi connectivity index (χ2n) is 5.06. The summed E-state index contributed by atoms with van der Waals surface area (Å²) in [5.41, 5.74) is 0.943. The van der Waals surface area contributed by atoms with Crippen LogP contribution < -0.4 is 5.32 Å². The quantitative estimate of drug-likeness (QED) is 0.803. The Hall–Kier alpha value is -2.26. The van der Waals surface area contributed by atoms with E-state index in [2.05, 4.69) is 10.3 Å². The molecule has 9 heteroatoms. The number of carbonyl (C=O) groups is 2. The molecule has 0 spiro atoms. The molecular weight excluding hydrogens is 352 g/mol. The zero-order valence-corrected chi connectivity index (χ0v) is 14.7. The second-order valence-corrected chi connectivity index (χ2v) is 8.02. The molecule has 0 radical (unpaired) electrons. The van der Waals surface area contributed by atoms with Crippen molar-refractivity contribution >= 4 is 33.1 Å². The average molecular weight is 368 g/mol. The lowest BCUT2D eigenvalue weighted by molar-refractivity contribution is 0.0691. The van der Waals surface area contributed by atoms with Gasteiger partial charge in [-0.1, -0.05) is 13.0 Å². The van der Waals surface area contributed by atoms with Crippen LogP contribution in [0, 0.1) is 0 Å². The molecule has 2 aromatic rings. The Morgan fingerprint density at radius 2 is 2.04 bits per heavy atom. The molecule has 128 valence electrons. The fourth-order valence-electron chi connectivity index (χ4n) is 2.05. The molecular formula is C15H16N2O5S2. The van der Waals surface area contributed by atoms with Crippen molar-refractivity contribution in [2.24, 2.45) is 0 Å². The highest BCUT2D eigenvalue weighted by Crippen LogP contribution is 2.17.